The quantitative estimate of drug-likeness (QED) is 0.215. The molecule has 0 amide bonds. The second kappa shape index (κ2) is 7.00. The first-order valence-corrected chi connectivity index (χ1v) is 13.5. The van der Waals surface area contributed by atoms with Crippen LogP contribution in [-0.4, -0.2) is 8.07 Å². The van der Waals surface area contributed by atoms with Crippen molar-refractivity contribution in [1.29, 1.82) is 0 Å². The van der Waals surface area contributed by atoms with E-state index in [0.29, 0.717) is 0 Å². The molecule has 0 spiro atoms. The summed E-state index contributed by atoms with van der Waals surface area (Å²) in [6.07, 6.45) is 0. The van der Waals surface area contributed by atoms with Crippen LogP contribution in [-0.2, 0) is 0 Å². The number of halogens is 1. The van der Waals surface area contributed by atoms with E-state index in [4.69, 9.17) is 0 Å². The predicted octanol–water partition coefficient (Wildman–Crippen LogP) is 7.65. The Morgan fingerprint density at radius 1 is 0.741 bits per heavy atom. The number of fused-ring (bicyclic) bond motifs is 2. The SMILES string of the molecule is C[Si](C)(C)C#Cc1ccc2ccccc2c1-c1cc(Br)cc2ccccc12. The molecule has 2 heteroatoms. The van der Waals surface area contributed by atoms with Crippen molar-refractivity contribution >= 4 is 45.5 Å². The van der Waals surface area contributed by atoms with Gasteiger partial charge in [0.15, 0.2) is 0 Å². The maximum atomic E-state index is 3.71. The third-order valence-electron chi connectivity index (χ3n) is 4.60. The molecule has 4 aromatic rings. The van der Waals surface area contributed by atoms with Crippen molar-refractivity contribution in [2.45, 2.75) is 19.6 Å². The van der Waals surface area contributed by atoms with Crippen LogP contribution in [0.15, 0.2) is 77.3 Å². The summed E-state index contributed by atoms with van der Waals surface area (Å²) in [6.45, 7) is 6.86. The number of hydrogen-bond donors (Lipinski definition) is 0. The van der Waals surface area contributed by atoms with Crippen molar-refractivity contribution < 1.29 is 0 Å². The molecule has 0 N–H and O–H groups in total. The van der Waals surface area contributed by atoms with Gasteiger partial charge in [0.05, 0.1) is 0 Å². The first-order valence-electron chi connectivity index (χ1n) is 9.16. The minimum atomic E-state index is -1.47. The Labute approximate surface area is 170 Å². The van der Waals surface area contributed by atoms with Crippen LogP contribution in [0.4, 0.5) is 0 Å². The lowest BCUT2D eigenvalue weighted by Gasteiger charge is -2.14. The van der Waals surface area contributed by atoms with Gasteiger partial charge in [-0.05, 0) is 45.3 Å². The summed E-state index contributed by atoms with van der Waals surface area (Å²) in [5.41, 5.74) is 7.13. The minimum Gasteiger partial charge on any atom is -0.127 e. The topological polar surface area (TPSA) is 0 Å². The summed E-state index contributed by atoms with van der Waals surface area (Å²) in [4.78, 5) is 0. The third kappa shape index (κ3) is 3.71. The van der Waals surface area contributed by atoms with E-state index < -0.39 is 8.07 Å². The predicted molar refractivity (Wildman–Crippen MR) is 125 cm³/mol. The maximum Gasteiger partial charge on any atom is 0.129 e. The van der Waals surface area contributed by atoms with E-state index in [-0.39, 0.29) is 0 Å². The van der Waals surface area contributed by atoms with E-state index in [1.54, 1.807) is 0 Å². The van der Waals surface area contributed by atoms with Crippen LogP contribution in [0.1, 0.15) is 5.56 Å². The molecule has 0 bridgehead atoms. The van der Waals surface area contributed by atoms with E-state index in [0.717, 1.165) is 10.0 Å². The Kier molecular flexibility index (Phi) is 4.68. The Hall–Kier alpha value is -2.34. The Balaban J connectivity index is 2.13. The fourth-order valence-electron chi connectivity index (χ4n) is 3.40. The van der Waals surface area contributed by atoms with Gasteiger partial charge in [-0.1, -0.05) is 96.1 Å². The van der Waals surface area contributed by atoms with Gasteiger partial charge in [0.1, 0.15) is 8.07 Å². The van der Waals surface area contributed by atoms with Gasteiger partial charge in [-0.15, -0.1) is 5.54 Å². The molecule has 0 nitrogen and oxygen atoms in total. The molecule has 0 heterocycles. The molecule has 27 heavy (non-hydrogen) atoms. The lowest BCUT2D eigenvalue weighted by molar-refractivity contribution is 1.63. The zero-order chi connectivity index (χ0) is 19.0. The van der Waals surface area contributed by atoms with Gasteiger partial charge >= 0.3 is 0 Å². The van der Waals surface area contributed by atoms with Crippen LogP contribution in [0.5, 0.6) is 0 Å². The molecular weight excluding hydrogens is 408 g/mol. The van der Waals surface area contributed by atoms with Gasteiger partial charge in [-0.2, -0.15) is 0 Å². The molecule has 0 fully saturated rings. The molecule has 0 aromatic heterocycles. The summed E-state index contributed by atoms with van der Waals surface area (Å²) in [5.74, 6) is 3.52. The smallest absolute Gasteiger partial charge is 0.127 e. The first kappa shape index (κ1) is 18.0. The fourth-order valence-corrected chi connectivity index (χ4v) is 4.39. The molecule has 0 aliphatic carbocycles. The zero-order valence-electron chi connectivity index (χ0n) is 15.8. The van der Waals surface area contributed by atoms with E-state index in [2.05, 4.69) is 120 Å². The molecule has 0 aliphatic heterocycles. The van der Waals surface area contributed by atoms with Gasteiger partial charge in [0.25, 0.3) is 0 Å². The minimum absolute atomic E-state index is 1.09. The molecule has 0 saturated carbocycles. The van der Waals surface area contributed by atoms with Crippen LogP contribution < -0.4 is 0 Å². The summed E-state index contributed by atoms with van der Waals surface area (Å²) >= 11 is 3.71. The Morgan fingerprint density at radius 3 is 2.15 bits per heavy atom. The van der Waals surface area contributed by atoms with Crippen molar-refractivity contribution in [2.24, 2.45) is 0 Å². The van der Waals surface area contributed by atoms with Gasteiger partial charge in [0.2, 0.25) is 0 Å². The van der Waals surface area contributed by atoms with Crippen molar-refractivity contribution in [3.63, 3.8) is 0 Å². The first-order chi connectivity index (χ1) is 12.9. The molecule has 0 saturated heterocycles. The molecular formula is C25H21BrSi. The highest BCUT2D eigenvalue weighted by Gasteiger charge is 2.14. The number of hydrogen-bond acceptors (Lipinski definition) is 0. The highest BCUT2D eigenvalue weighted by molar-refractivity contribution is 9.10. The average molecular weight is 429 g/mol. The largest absolute Gasteiger partial charge is 0.129 e. The van der Waals surface area contributed by atoms with E-state index in [1.807, 2.05) is 0 Å². The van der Waals surface area contributed by atoms with Crippen LogP contribution in [0.3, 0.4) is 0 Å². The van der Waals surface area contributed by atoms with E-state index >= 15 is 0 Å². The van der Waals surface area contributed by atoms with E-state index in [9.17, 15) is 0 Å². The third-order valence-corrected chi connectivity index (χ3v) is 5.93. The lowest BCUT2D eigenvalue weighted by atomic mass is 9.90. The molecule has 0 radical (unpaired) electrons. The Bertz CT molecular complexity index is 1220. The van der Waals surface area contributed by atoms with Crippen LogP contribution in [0, 0.1) is 11.5 Å². The normalized spacial score (nSPS) is 11.4. The van der Waals surface area contributed by atoms with Crippen LogP contribution >= 0.6 is 15.9 Å². The van der Waals surface area contributed by atoms with Crippen molar-refractivity contribution in [3.05, 3.63) is 82.8 Å². The second-order valence-electron chi connectivity index (χ2n) is 7.88. The number of rotatable bonds is 1. The number of benzene rings is 4. The van der Waals surface area contributed by atoms with Crippen LogP contribution in [0.2, 0.25) is 19.6 Å². The van der Waals surface area contributed by atoms with Crippen molar-refractivity contribution in [3.8, 4) is 22.6 Å². The standard InChI is InChI=1S/C25H21BrSi/c1-27(2,3)15-14-19-13-12-18-8-4-7-11-23(18)25(19)24-17-21(26)16-20-9-5-6-10-22(20)24/h4-13,16-17H,1-3H3. The van der Waals surface area contributed by atoms with Crippen LogP contribution in [0.25, 0.3) is 32.7 Å². The summed E-state index contributed by atoms with van der Waals surface area (Å²) in [7, 11) is -1.47. The molecule has 0 unspecified atom stereocenters. The van der Waals surface area contributed by atoms with Gasteiger partial charge in [0, 0.05) is 15.6 Å². The summed E-state index contributed by atoms with van der Waals surface area (Å²) < 4.78 is 1.09. The van der Waals surface area contributed by atoms with E-state index in [1.165, 1.54) is 32.7 Å². The molecule has 4 aromatic carbocycles. The molecule has 132 valence electrons. The zero-order valence-corrected chi connectivity index (χ0v) is 18.4. The Morgan fingerprint density at radius 2 is 1.41 bits per heavy atom. The van der Waals surface area contributed by atoms with Crippen molar-refractivity contribution in [1.82, 2.24) is 0 Å². The monoisotopic (exact) mass is 428 g/mol. The van der Waals surface area contributed by atoms with Crippen molar-refractivity contribution in [2.75, 3.05) is 0 Å². The summed E-state index contributed by atoms with van der Waals surface area (Å²) in [5, 5.41) is 4.99. The molecule has 4 rings (SSSR count). The lowest BCUT2D eigenvalue weighted by Crippen LogP contribution is -2.16. The molecule has 0 aliphatic rings. The highest BCUT2D eigenvalue weighted by Crippen LogP contribution is 2.38. The average Bonchev–Trinajstić information content (AvgIpc) is 2.64. The second-order valence-corrected chi connectivity index (χ2v) is 13.5. The fraction of sp³-hybridized carbons (Fsp3) is 0.120. The van der Waals surface area contributed by atoms with Gasteiger partial charge < -0.3 is 0 Å². The van der Waals surface area contributed by atoms with Gasteiger partial charge in [-0.25, -0.2) is 0 Å². The highest BCUT2D eigenvalue weighted by atomic mass is 79.9. The maximum absolute atomic E-state index is 3.71. The van der Waals surface area contributed by atoms with Gasteiger partial charge in [-0.3, -0.25) is 0 Å². The summed E-state index contributed by atoms with van der Waals surface area (Å²) in [6, 6.07) is 25.9. The molecule has 0 atom stereocenters.